The normalized spacial score (nSPS) is 11.4. The summed E-state index contributed by atoms with van der Waals surface area (Å²) in [4.78, 5) is 12.6. The Labute approximate surface area is 140 Å². The van der Waals surface area contributed by atoms with Crippen LogP contribution in [0.5, 0.6) is 0 Å². The fourth-order valence-corrected chi connectivity index (χ4v) is 3.23. The van der Waals surface area contributed by atoms with Crippen LogP contribution in [0.25, 0.3) is 22.3 Å². The SMILES string of the molecule is Cc1cc(-c2ccc(S(C)(=O)=O)cc2)c(-c2ccccc2)c(=O)o1. The van der Waals surface area contributed by atoms with Gasteiger partial charge < -0.3 is 4.42 Å². The van der Waals surface area contributed by atoms with Crippen LogP contribution in [0.15, 0.2) is 74.8 Å². The zero-order chi connectivity index (χ0) is 17.3. The second-order valence-electron chi connectivity index (χ2n) is 5.60. The molecular formula is C19H16O4S. The summed E-state index contributed by atoms with van der Waals surface area (Å²) < 4.78 is 28.5. The smallest absolute Gasteiger partial charge is 0.344 e. The molecule has 4 nitrogen and oxygen atoms in total. The van der Waals surface area contributed by atoms with Crippen molar-refractivity contribution in [2.45, 2.75) is 11.8 Å². The molecule has 0 amide bonds. The molecule has 0 aliphatic carbocycles. The van der Waals surface area contributed by atoms with Gasteiger partial charge in [-0.1, -0.05) is 42.5 Å². The van der Waals surface area contributed by atoms with E-state index in [1.165, 1.54) is 6.26 Å². The summed E-state index contributed by atoms with van der Waals surface area (Å²) in [6.07, 6.45) is 1.17. The van der Waals surface area contributed by atoms with Gasteiger partial charge in [0.1, 0.15) is 5.76 Å². The molecule has 0 N–H and O–H groups in total. The summed E-state index contributed by atoms with van der Waals surface area (Å²) in [7, 11) is -3.26. The highest BCUT2D eigenvalue weighted by Crippen LogP contribution is 2.30. The maximum Gasteiger partial charge on any atom is 0.344 e. The van der Waals surface area contributed by atoms with Gasteiger partial charge in [-0.3, -0.25) is 0 Å². The van der Waals surface area contributed by atoms with E-state index in [0.29, 0.717) is 11.3 Å². The van der Waals surface area contributed by atoms with Crippen molar-refractivity contribution in [2.75, 3.05) is 6.26 Å². The average Bonchev–Trinajstić information content (AvgIpc) is 2.54. The van der Waals surface area contributed by atoms with Gasteiger partial charge in [0.15, 0.2) is 9.84 Å². The van der Waals surface area contributed by atoms with Crippen LogP contribution >= 0.6 is 0 Å². The highest BCUT2D eigenvalue weighted by atomic mass is 32.2. The van der Waals surface area contributed by atoms with Crippen LogP contribution in [0.1, 0.15) is 5.76 Å². The first-order chi connectivity index (χ1) is 11.4. The molecule has 5 heteroatoms. The Kier molecular flexibility index (Phi) is 4.11. The lowest BCUT2D eigenvalue weighted by Crippen LogP contribution is -2.06. The lowest BCUT2D eigenvalue weighted by molar-refractivity contribution is 0.483. The maximum atomic E-state index is 12.4. The van der Waals surface area contributed by atoms with Gasteiger partial charge >= 0.3 is 5.63 Å². The molecule has 0 aliphatic rings. The molecule has 0 spiro atoms. The van der Waals surface area contributed by atoms with Crippen molar-refractivity contribution in [3.05, 3.63) is 76.8 Å². The summed E-state index contributed by atoms with van der Waals surface area (Å²) >= 11 is 0. The van der Waals surface area contributed by atoms with Gasteiger partial charge in [-0.2, -0.15) is 0 Å². The van der Waals surface area contributed by atoms with E-state index in [1.54, 1.807) is 37.3 Å². The van der Waals surface area contributed by atoms with E-state index in [4.69, 9.17) is 4.42 Å². The second kappa shape index (κ2) is 6.09. The topological polar surface area (TPSA) is 64.3 Å². The first-order valence-electron chi connectivity index (χ1n) is 7.37. The van der Waals surface area contributed by atoms with Gasteiger partial charge in [-0.25, -0.2) is 13.2 Å². The van der Waals surface area contributed by atoms with Gasteiger partial charge in [0, 0.05) is 11.8 Å². The molecule has 0 saturated heterocycles. The van der Waals surface area contributed by atoms with Crippen molar-refractivity contribution in [3.63, 3.8) is 0 Å². The molecule has 1 aromatic heterocycles. The van der Waals surface area contributed by atoms with Crippen LogP contribution in [0.2, 0.25) is 0 Å². The van der Waals surface area contributed by atoms with E-state index in [-0.39, 0.29) is 4.90 Å². The fraction of sp³-hybridized carbons (Fsp3) is 0.105. The minimum absolute atomic E-state index is 0.243. The summed E-state index contributed by atoms with van der Waals surface area (Å²) in [5.41, 5.74) is 2.29. The van der Waals surface area contributed by atoms with E-state index in [9.17, 15) is 13.2 Å². The first kappa shape index (κ1) is 16.2. The summed E-state index contributed by atoms with van der Waals surface area (Å²) in [6, 6.07) is 17.6. The quantitative estimate of drug-likeness (QED) is 0.729. The third-order valence-corrected chi connectivity index (χ3v) is 4.86. The number of hydrogen-bond acceptors (Lipinski definition) is 4. The van der Waals surface area contributed by atoms with Gasteiger partial charge in [-0.05, 0) is 36.2 Å². The second-order valence-corrected chi connectivity index (χ2v) is 7.61. The van der Waals surface area contributed by atoms with Gasteiger partial charge in [0.25, 0.3) is 0 Å². The van der Waals surface area contributed by atoms with Crippen LogP contribution < -0.4 is 5.63 Å². The highest BCUT2D eigenvalue weighted by Gasteiger charge is 2.15. The molecule has 122 valence electrons. The molecule has 0 fully saturated rings. The van der Waals surface area contributed by atoms with Crippen LogP contribution in [-0.4, -0.2) is 14.7 Å². The van der Waals surface area contributed by atoms with Gasteiger partial charge in [0.05, 0.1) is 10.5 Å². The minimum atomic E-state index is -3.26. The Balaban J connectivity index is 2.23. The van der Waals surface area contributed by atoms with Crippen molar-refractivity contribution < 1.29 is 12.8 Å². The Morgan fingerprint density at radius 3 is 2.08 bits per heavy atom. The lowest BCUT2D eigenvalue weighted by Gasteiger charge is -2.10. The molecule has 0 atom stereocenters. The molecule has 0 unspecified atom stereocenters. The molecule has 1 heterocycles. The van der Waals surface area contributed by atoms with Crippen molar-refractivity contribution in [1.82, 2.24) is 0 Å². The molecule has 0 saturated carbocycles. The predicted molar refractivity (Wildman–Crippen MR) is 93.7 cm³/mol. The van der Waals surface area contributed by atoms with E-state index < -0.39 is 15.5 Å². The van der Waals surface area contributed by atoms with E-state index in [1.807, 2.05) is 30.3 Å². The van der Waals surface area contributed by atoms with Crippen molar-refractivity contribution in [1.29, 1.82) is 0 Å². The molecule has 3 aromatic rings. The van der Waals surface area contributed by atoms with Crippen LogP contribution in [0.4, 0.5) is 0 Å². The van der Waals surface area contributed by atoms with Crippen LogP contribution in [-0.2, 0) is 9.84 Å². The fourth-order valence-electron chi connectivity index (χ4n) is 2.60. The standard InChI is InChI=1S/C19H16O4S/c1-13-12-17(14-8-10-16(11-9-14)24(2,21)22)18(19(20)23-13)15-6-4-3-5-7-15/h3-12H,1-2H3. The van der Waals surface area contributed by atoms with Gasteiger partial charge in [0.2, 0.25) is 0 Å². The summed E-state index contributed by atoms with van der Waals surface area (Å²) in [5.74, 6) is 0.502. The molecule has 0 bridgehead atoms. The molecule has 24 heavy (non-hydrogen) atoms. The Hall–Kier alpha value is -2.66. The minimum Gasteiger partial charge on any atom is -0.428 e. The molecule has 0 radical (unpaired) electrons. The van der Waals surface area contributed by atoms with Crippen molar-refractivity contribution in [3.8, 4) is 22.3 Å². The van der Waals surface area contributed by atoms with E-state index in [2.05, 4.69) is 0 Å². The molecule has 2 aromatic carbocycles. The third-order valence-electron chi connectivity index (χ3n) is 3.73. The number of aryl methyl sites for hydroxylation is 1. The van der Waals surface area contributed by atoms with E-state index >= 15 is 0 Å². The zero-order valence-electron chi connectivity index (χ0n) is 13.3. The number of sulfone groups is 1. The predicted octanol–water partition coefficient (Wildman–Crippen LogP) is 3.69. The van der Waals surface area contributed by atoms with Crippen LogP contribution in [0, 0.1) is 6.92 Å². The van der Waals surface area contributed by atoms with E-state index in [0.717, 1.165) is 16.7 Å². The van der Waals surface area contributed by atoms with Gasteiger partial charge in [-0.15, -0.1) is 0 Å². The molecule has 3 rings (SSSR count). The molecule has 0 aliphatic heterocycles. The summed E-state index contributed by atoms with van der Waals surface area (Å²) in [6.45, 7) is 1.71. The largest absolute Gasteiger partial charge is 0.428 e. The molecular weight excluding hydrogens is 324 g/mol. The van der Waals surface area contributed by atoms with Crippen LogP contribution in [0.3, 0.4) is 0 Å². The first-order valence-corrected chi connectivity index (χ1v) is 9.26. The van der Waals surface area contributed by atoms with Crippen molar-refractivity contribution in [2.24, 2.45) is 0 Å². The maximum absolute atomic E-state index is 12.4. The van der Waals surface area contributed by atoms with Crippen molar-refractivity contribution >= 4 is 9.84 Å². The Morgan fingerprint density at radius 1 is 0.875 bits per heavy atom. The number of hydrogen-bond donors (Lipinski definition) is 0. The number of rotatable bonds is 3. The summed E-state index contributed by atoms with van der Waals surface area (Å²) in [5, 5.41) is 0. The third kappa shape index (κ3) is 3.16. The monoisotopic (exact) mass is 340 g/mol. The zero-order valence-corrected chi connectivity index (χ0v) is 14.1. The Morgan fingerprint density at radius 2 is 1.50 bits per heavy atom. The number of benzene rings is 2. The highest BCUT2D eigenvalue weighted by molar-refractivity contribution is 7.90. The Bertz CT molecular complexity index is 1030. The lowest BCUT2D eigenvalue weighted by atomic mass is 9.96. The average molecular weight is 340 g/mol.